The number of rotatable bonds is 3. The molecule has 0 saturated heterocycles. The van der Waals surface area contributed by atoms with E-state index >= 15 is 0 Å². The second kappa shape index (κ2) is 5.96. The predicted octanol–water partition coefficient (Wildman–Crippen LogP) is 4.33. The van der Waals surface area contributed by atoms with E-state index in [-0.39, 0.29) is 0 Å². The largest absolute Gasteiger partial charge is 0.279 e. The van der Waals surface area contributed by atoms with E-state index in [0.29, 0.717) is 10.6 Å². The molecule has 0 heterocycles. The van der Waals surface area contributed by atoms with Crippen molar-refractivity contribution in [3.8, 4) is 0 Å². The van der Waals surface area contributed by atoms with Crippen LogP contribution >= 0.6 is 22.6 Å². The van der Waals surface area contributed by atoms with Crippen molar-refractivity contribution in [2.45, 2.75) is 32.6 Å². The van der Waals surface area contributed by atoms with Gasteiger partial charge in [0.1, 0.15) is 0 Å². The van der Waals surface area contributed by atoms with Crippen LogP contribution in [0.4, 0.5) is 5.69 Å². The number of hydrogen-bond donors (Lipinski definition) is 1. The molecule has 2 aromatic carbocycles. The molecule has 0 saturated carbocycles. The van der Waals surface area contributed by atoms with Crippen LogP contribution in [0.25, 0.3) is 0 Å². The summed E-state index contributed by atoms with van der Waals surface area (Å²) in [6.07, 6.45) is 0. The van der Waals surface area contributed by atoms with Crippen molar-refractivity contribution in [2.24, 2.45) is 0 Å². The van der Waals surface area contributed by atoms with Crippen molar-refractivity contribution in [3.63, 3.8) is 0 Å². The summed E-state index contributed by atoms with van der Waals surface area (Å²) in [6, 6.07) is 9.37. The molecule has 0 spiro atoms. The molecule has 2 rings (SSSR count). The topological polar surface area (TPSA) is 46.2 Å². The lowest BCUT2D eigenvalue weighted by molar-refractivity contribution is 0.599. The average Bonchev–Trinajstić information content (AvgIpc) is 2.39. The zero-order chi connectivity index (χ0) is 15.8. The molecule has 3 nitrogen and oxygen atoms in total. The minimum Gasteiger partial charge on any atom is -0.279 e. The van der Waals surface area contributed by atoms with Gasteiger partial charge in [0.15, 0.2) is 0 Å². The summed E-state index contributed by atoms with van der Waals surface area (Å²) >= 11 is 2.12. The van der Waals surface area contributed by atoms with Crippen LogP contribution in [0, 0.1) is 31.3 Å². The maximum absolute atomic E-state index is 12.8. The summed E-state index contributed by atoms with van der Waals surface area (Å²) < 4.78 is 29.1. The quantitative estimate of drug-likeness (QED) is 0.759. The average molecular weight is 415 g/mol. The van der Waals surface area contributed by atoms with E-state index in [2.05, 4.69) is 27.3 Å². The van der Waals surface area contributed by atoms with Crippen molar-refractivity contribution in [2.75, 3.05) is 4.72 Å². The number of nitrogens with one attached hydrogen (secondary N) is 1. The molecular formula is C16H18INO2S. The number of aryl methyl sites for hydroxylation is 2. The molecule has 0 amide bonds. The van der Waals surface area contributed by atoms with E-state index in [1.807, 2.05) is 52.0 Å². The number of sulfonamides is 1. The third-order valence-electron chi connectivity index (χ3n) is 3.68. The van der Waals surface area contributed by atoms with Crippen LogP contribution in [-0.2, 0) is 10.0 Å². The summed E-state index contributed by atoms with van der Waals surface area (Å²) in [4.78, 5) is 0.389. The minimum absolute atomic E-state index is 0.389. The van der Waals surface area contributed by atoms with Crippen LogP contribution in [0.15, 0.2) is 35.2 Å². The Labute approximate surface area is 140 Å². The van der Waals surface area contributed by atoms with Gasteiger partial charge in [0.05, 0.1) is 10.6 Å². The third kappa shape index (κ3) is 3.23. The van der Waals surface area contributed by atoms with E-state index in [1.165, 1.54) is 0 Å². The highest BCUT2D eigenvalue weighted by molar-refractivity contribution is 14.1. The summed E-state index contributed by atoms with van der Waals surface area (Å²) in [7, 11) is -3.60. The second-order valence-corrected chi connectivity index (χ2v) is 7.96. The lowest BCUT2D eigenvalue weighted by Crippen LogP contribution is -2.17. The molecule has 0 aliphatic carbocycles. The van der Waals surface area contributed by atoms with Gasteiger partial charge in [0, 0.05) is 3.57 Å². The minimum atomic E-state index is -3.60. The monoisotopic (exact) mass is 415 g/mol. The van der Waals surface area contributed by atoms with Crippen molar-refractivity contribution in [3.05, 3.63) is 56.2 Å². The van der Waals surface area contributed by atoms with Crippen LogP contribution in [-0.4, -0.2) is 8.42 Å². The molecule has 0 unspecified atom stereocenters. The molecule has 0 aliphatic heterocycles. The Balaban J connectivity index is 2.58. The summed E-state index contributed by atoms with van der Waals surface area (Å²) in [6.45, 7) is 7.58. The van der Waals surface area contributed by atoms with E-state index in [0.717, 1.165) is 25.8 Å². The first-order valence-electron chi connectivity index (χ1n) is 6.59. The molecule has 0 radical (unpaired) electrons. The third-order valence-corrected chi connectivity index (χ3v) is 6.26. The number of para-hydroxylation sites is 1. The first-order valence-corrected chi connectivity index (χ1v) is 9.15. The first-order chi connectivity index (χ1) is 9.74. The van der Waals surface area contributed by atoms with Crippen molar-refractivity contribution < 1.29 is 8.42 Å². The fourth-order valence-corrected chi connectivity index (χ4v) is 4.73. The van der Waals surface area contributed by atoms with Crippen molar-refractivity contribution in [1.29, 1.82) is 0 Å². The summed E-state index contributed by atoms with van der Waals surface area (Å²) in [5.74, 6) is 0. The Morgan fingerprint density at radius 3 is 2.00 bits per heavy atom. The number of halogens is 1. The van der Waals surface area contributed by atoms with Gasteiger partial charge in [-0.3, -0.25) is 4.72 Å². The summed E-state index contributed by atoms with van der Waals surface area (Å²) in [5, 5.41) is 0. The number of hydrogen-bond acceptors (Lipinski definition) is 2. The maximum atomic E-state index is 12.8. The molecule has 21 heavy (non-hydrogen) atoms. The Morgan fingerprint density at radius 2 is 1.48 bits per heavy atom. The Bertz CT molecular complexity index is 772. The molecule has 2 aromatic rings. The summed E-state index contributed by atoms with van der Waals surface area (Å²) in [5.41, 5.74) is 4.19. The molecule has 1 N–H and O–H groups in total. The van der Waals surface area contributed by atoms with Gasteiger partial charge >= 0.3 is 0 Å². The normalized spacial score (nSPS) is 11.5. The number of benzene rings is 2. The van der Waals surface area contributed by atoms with E-state index in [9.17, 15) is 8.42 Å². The molecule has 0 fully saturated rings. The van der Waals surface area contributed by atoms with Gasteiger partial charge in [-0.2, -0.15) is 0 Å². The Kier molecular flexibility index (Phi) is 4.63. The van der Waals surface area contributed by atoms with Crippen LogP contribution in [0.1, 0.15) is 22.3 Å². The van der Waals surface area contributed by atoms with E-state index in [4.69, 9.17) is 0 Å². The van der Waals surface area contributed by atoms with Crippen LogP contribution in [0.2, 0.25) is 0 Å². The highest BCUT2D eigenvalue weighted by Crippen LogP contribution is 2.29. The smallest absolute Gasteiger partial charge is 0.262 e. The standard InChI is InChI=1S/C16H18INO2S/c1-10-9-11(2)13(4)16(12(10)3)21(19,20)18-15-8-6-5-7-14(15)17/h5-9,18H,1-4H3. The fourth-order valence-electron chi connectivity index (χ4n) is 2.32. The van der Waals surface area contributed by atoms with Crippen molar-refractivity contribution >= 4 is 38.3 Å². The van der Waals surface area contributed by atoms with E-state index < -0.39 is 10.0 Å². The van der Waals surface area contributed by atoms with Crippen molar-refractivity contribution in [1.82, 2.24) is 0 Å². The van der Waals surface area contributed by atoms with Gasteiger partial charge in [0.25, 0.3) is 10.0 Å². The van der Waals surface area contributed by atoms with Crippen LogP contribution < -0.4 is 4.72 Å². The maximum Gasteiger partial charge on any atom is 0.262 e. The van der Waals surface area contributed by atoms with Gasteiger partial charge in [-0.1, -0.05) is 18.2 Å². The Morgan fingerprint density at radius 1 is 0.952 bits per heavy atom. The van der Waals surface area contributed by atoms with Gasteiger partial charge in [-0.15, -0.1) is 0 Å². The highest BCUT2D eigenvalue weighted by atomic mass is 127. The van der Waals surface area contributed by atoms with Gasteiger partial charge < -0.3 is 0 Å². The first kappa shape index (κ1) is 16.3. The lowest BCUT2D eigenvalue weighted by Gasteiger charge is -2.17. The van der Waals surface area contributed by atoms with Crippen LogP contribution in [0.5, 0.6) is 0 Å². The zero-order valence-corrected chi connectivity index (χ0v) is 15.5. The van der Waals surface area contributed by atoms with Gasteiger partial charge in [-0.05, 0) is 84.7 Å². The second-order valence-electron chi connectivity index (χ2n) is 5.17. The predicted molar refractivity (Wildman–Crippen MR) is 95.4 cm³/mol. The van der Waals surface area contributed by atoms with Crippen LogP contribution in [0.3, 0.4) is 0 Å². The molecule has 112 valence electrons. The Hall–Kier alpha value is -1.08. The van der Waals surface area contributed by atoms with Gasteiger partial charge in [-0.25, -0.2) is 8.42 Å². The molecular weight excluding hydrogens is 397 g/mol. The molecule has 0 aromatic heterocycles. The molecule has 0 aliphatic rings. The SMILES string of the molecule is Cc1cc(C)c(C)c(S(=O)(=O)Nc2ccccc2I)c1C. The zero-order valence-electron chi connectivity index (χ0n) is 12.5. The number of anilines is 1. The van der Waals surface area contributed by atoms with E-state index in [1.54, 1.807) is 6.07 Å². The van der Waals surface area contributed by atoms with Gasteiger partial charge in [0.2, 0.25) is 0 Å². The molecule has 5 heteroatoms. The molecule has 0 atom stereocenters. The molecule has 0 bridgehead atoms. The fraction of sp³-hybridized carbons (Fsp3) is 0.250. The lowest BCUT2D eigenvalue weighted by atomic mass is 10.0. The highest BCUT2D eigenvalue weighted by Gasteiger charge is 2.22.